The molecule has 0 radical (unpaired) electrons. The maximum absolute atomic E-state index is 4.94. The first-order valence-corrected chi connectivity index (χ1v) is 44.7. The van der Waals surface area contributed by atoms with Crippen molar-refractivity contribution in [2.24, 2.45) is 39.9 Å². The van der Waals surface area contributed by atoms with E-state index in [0.29, 0.717) is 0 Å². The van der Waals surface area contributed by atoms with Crippen LogP contribution in [0.4, 0.5) is 45.5 Å². The van der Waals surface area contributed by atoms with E-state index in [9.17, 15) is 0 Å². The second-order valence-electron chi connectivity index (χ2n) is 34.5. The molecule has 26 nitrogen and oxygen atoms in total. The van der Waals surface area contributed by atoms with E-state index in [-0.39, 0.29) is 158 Å². The Bertz CT molecular complexity index is 5740. The predicted molar refractivity (Wildman–Crippen MR) is 556 cm³/mol. The molecule has 0 spiro atoms. The summed E-state index contributed by atoms with van der Waals surface area (Å²) in [5.74, 6) is 0. The van der Waals surface area contributed by atoms with Gasteiger partial charge in [0.1, 0.15) is 0 Å². The summed E-state index contributed by atoms with van der Waals surface area (Å²) in [5.41, 5.74) is 27.1. The minimum absolute atomic E-state index is 0. The Morgan fingerprint density at radius 3 is 0.354 bits per heavy atom. The third kappa shape index (κ3) is 35.1. The van der Waals surface area contributed by atoms with E-state index in [0.717, 1.165) is 181 Å². The minimum Gasteiger partial charge on any atom is -2.00 e. The number of aryl methyl sites for hydroxylation is 8. The molecule has 748 valence electrons. The van der Waals surface area contributed by atoms with E-state index in [1.54, 1.807) is 124 Å². The molecule has 0 saturated heterocycles. The van der Waals surface area contributed by atoms with Gasteiger partial charge in [0.15, 0.2) is 0 Å². The zero-order valence-electron chi connectivity index (χ0n) is 82.8. The monoisotopic (exact) mass is 2680 g/mol. The van der Waals surface area contributed by atoms with E-state index >= 15 is 0 Å². The standard InChI is InChI=1S/2C42H40N8.6C5H5N.2Lu.4O.2U/c2*1-25-17-33-34(18-26(25)2)44-22-30-10-14-38(48-30)42(7,8)40-16-12-32(50-40)24-46-36-20-28(4)27(3)19-35(36)45-23-31-11-15-39(49-31)41(5,6)37-13-9-29(47-37)21-43-33;6*1-2-4-6-5-3-1;;;;;;;;/h2*9-24H,1-8H3;6*1-5H;;;;;;;;/q2*-4;;;;;;;2*+3;4*-2;;. The summed E-state index contributed by atoms with van der Waals surface area (Å²) in [6.45, 7) is 33.7. The van der Waals surface area contributed by atoms with Crippen LogP contribution in [0.25, 0.3) is 0 Å². The Hall–Kier alpha value is -12.2. The number of fused-ring (bicyclic) bond motifs is 20. The van der Waals surface area contributed by atoms with E-state index in [4.69, 9.17) is 79.8 Å². The zero-order valence-corrected chi connectivity index (χ0v) is 94.4. The Morgan fingerprint density at radius 1 is 0.167 bits per heavy atom. The molecule has 2 aliphatic rings. The molecule has 144 heavy (non-hydrogen) atoms. The van der Waals surface area contributed by atoms with E-state index in [1.165, 1.54) is 0 Å². The van der Waals surface area contributed by atoms with Crippen molar-refractivity contribution >= 4 is 95.2 Å². The molecule has 0 aliphatic carbocycles. The fourth-order valence-electron chi connectivity index (χ4n) is 13.8. The second kappa shape index (κ2) is 59.9. The van der Waals surface area contributed by atoms with Gasteiger partial charge in [-0.15, -0.1) is 45.6 Å². The molecule has 0 amide bonds. The molecule has 14 aromatic heterocycles. The van der Waals surface area contributed by atoms with Crippen LogP contribution in [0.2, 0.25) is 0 Å². The number of hydrogen-bond donors (Lipinski definition) is 0. The molecule has 18 aromatic rings. The largest absolute Gasteiger partial charge is 3.00 e. The summed E-state index contributed by atoms with van der Waals surface area (Å²) in [4.78, 5) is 101. The van der Waals surface area contributed by atoms with Crippen molar-refractivity contribution in [3.05, 3.63) is 465 Å². The van der Waals surface area contributed by atoms with Crippen LogP contribution in [0.15, 0.2) is 369 Å². The molecule has 0 saturated carbocycles. The van der Waals surface area contributed by atoms with Crippen molar-refractivity contribution in [3.8, 4) is 0 Å². The maximum Gasteiger partial charge on any atom is 3.00 e. The van der Waals surface area contributed by atoms with Crippen molar-refractivity contribution in [2.75, 3.05) is 0 Å². The molecular weight excluding hydrogens is 2570 g/mol. The predicted octanol–water partition coefficient (Wildman–Crippen LogP) is 23.4. The number of aromatic nitrogens is 14. The van der Waals surface area contributed by atoms with Crippen molar-refractivity contribution in [2.45, 2.75) is 132 Å². The molecule has 16 bridgehead atoms. The van der Waals surface area contributed by atoms with Crippen LogP contribution in [-0.4, -0.2) is 79.6 Å². The summed E-state index contributed by atoms with van der Waals surface area (Å²) < 4.78 is 0. The SMILES string of the molecule is Cc1cc2c(cc1C)N=Cc1ccc([n-]1)C(C)(C)c1ccc([n-]1)C=Nc1cc(C)c(C)cc1N=Cc1ccc([n-]1)C(C)(C)c1ccc([n-]1)C=N2.Cc1cc2c(cc1C)N=Cc1ccc([n-]1)C(C)(C)c1ccc([n-]1)C=Nc1cc(C)c(C)cc1N=Cc1ccc([n-]1)C(C)(C)c1ccc([n-]1)C=N2.[Lu+3].[Lu+3].[O-2].[O-2].[O-2].[O-2].[U].[U].c1ccncc1.c1ccncc1.c1ccncc1.c1ccncc1.c1ccncc1.c1ccncc1. The van der Waals surface area contributed by atoms with Gasteiger partial charge >= 0.3 is 73.7 Å². The first kappa shape index (κ1) is 122. The molecule has 0 N–H and O–H groups in total. The maximum atomic E-state index is 4.94. The van der Waals surface area contributed by atoms with Gasteiger partial charge in [0.05, 0.1) is 45.5 Å². The first-order valence-electron chi connectivity index (χ1n) is 44.7. The van der Waals surface area contributed by atoms with Gasteiger partial charge in [0.25, 0.3) is 0 Å². The molecule has 0 fully saturated rings. The van der Waals surface area contributed by atoms with Crippen LogP contribution < -0.4 is 39.9 Å². The van der Waals surface area contributed by atoms with Gasteiger partial charge in [-0.3, -0.25) is 69.8 Å². The summed E-state index contributed by atoms with van der Waals surface area (Å²) in [5, 5.41) is 0. The van der Waals surface area contributed by atoms with E-state index < -0.39 is 21.7 Å². The Balaban J connectivity index is 0.000000358. The molecule has 20 rings (SSSR count). The minimum atomic E-state index is -0.430. The molecule has 30 heteroatoms. The number of nitrogens with zero attached hydrogens (tertiary/aromatic N) is 22. The van der Waals surface area contributed by atoms with Crippen LogP contribution in [0.5, 0.6) is 0 Å². The number of hydrogen-bond acceptors (Lipinski definition) is 14. The summed E-state index contributed by atoms with van der Waals surface area (Å²) >= 11 is 0. The van der Waals surface area contributed by atoms with Crippen LogP contribution in [0.3, 0.4) is 0 Å². The molecule has 0 unspecified atom stereocenters. The molecule has 0 atom stereocenters. The average molecular weight is 2680 g/mol. The zero-order chi connectivity index (χ0) is 95.9. The Labute approximate surface area is 949 Å². The van der Waals surface area contributed by atoms with E-state index in [1.807, 2.05) is 206 Å². The Morgan fingerprint density at radius 2 is 0.271 bits per heavy atom. The van der Waals surface area contributed by atoms with Gasteiger partial charge in [-0.05, 0) is 243 Å². The summed E-state index contributed by atoms with van der Waals surface area (Å²) in [7, 11) is 0. The van der Waals surface area contributed by atoms with Gasteiger partial charge in [-0.25, -0.2) is 0 Å². The third-order valence-corrected chi connectivity index (χ3v) is 22.9. The first-order chi connectivity index (χ1) is 65.7. The number of benzene rings is 4. The second-order valence-corrected chi connectivity index (χ2v) is 34.5. The van der Waals surface area contributed by atoms with Crippen molar-refractivity contribution in [1.29, 1.82) is 0 Å². The fraction of sp³-hybridized carbons (Fsp3) is 0.175. The number of pyridine rings is 6. The van der Waals surface area contributed by atoms with E-state index in [2.05, 4.69) is 189 Å². The average Bonchev–Trinajstić information content (AvgIpc) is 1.65. The van der Waals surface area contributed by atoms with Gasteiger partial charge in [-0.2, -0.15) is 45.6 Å². The van der Waals surface area contributed by atoms with Crippen molar-refractivity contribution in [3.63, 3.8) is 0 Å². The van der Waals surface area contributed by atoms with Gasteiger partial charge in [0, 0.05) is 186 Å². The number of rotatable bonds is 0. The topological polar surface area (TPSA) is 403 Å². The van der Waals surface area contributed by atoms with Crippen molar-refractivity contribution < 1.29 is 158 Å². The molecule has 2 aliphatic heterocycles. The van der Waals surface area contributed by atoms with Crippen LogP contribution in [-0.2, 0) is 43.6 Å². The van der Waals surface area contributed by atoms with Crippen LogP contribution >= 0.6 is 0 Å². The third-order valence-electron chi connectivity index (χ3n) is 22.9. The summed E-state index contributed by atoms with van der Waals surface area (Å²) in [6, 6.07) is 83.1. The van der Waals surface area contributed by atoms with Gasteiger partial charge < -0.3 is 61.8 Å². The molecule has 4 aromatic carbocycles. The normalized spacial score (nSPS) is 12.6. The Kier molecular flexibility index (Phi) is 50.9. The summed E-state index contributed by atoms with van der Waals surface area (Å²) in [6.07, 6.45) is 35.4. The fourth-order valence-corrected chi connectivity index (χ4v) is 13.8. The van der Waals surface area contributed by atoms with Gasteiger partial charge in [0.2, 0.25) is 0 Å². The van der Waals surface area contributed by atoms with Crippen molar-refractivity contribution in [1.82, 2.24) is 69.8 Å². The van der Waals surface area contributed by atoms with Crippen LogP contribution in [0, 0.1) is 191 Å². The molecule has 16 heterocycles. The smallest absolute Gasteiger partial charge is 2.00 e. The van der Waals surface area contributed by atoms with Crippen LogP contribution in [0.1, 0.15) is 191 Å². The molecular formula is C114H110Lu2N22O4U2-10. The quantitative estimate of drug-likeness (QED) is 0.136. The van der Waals surface area contributed by atoms with Gasteiger partial charge in [-0.1, -0.05) is 189 Å². The number of aliphatic imine (C=N–C) groups is 8.